The standard InChI is InChI=1S/C12H31N3OSi/c1-6-9-13-17(14-10-7-2,15-11-8-3)16-12(4)5/h12-15H,6-11H2,1-5H3. The monoisotopic (exact) mass is 261 g/mol. The van der Waals surface area contributed by atoms with Gasteiger partial charge in [-0.15, -0.1) is 0 Å². The van der Waals surface area contributed by atoms with Crippen LogP contribution >= 0.6 is 0 Å². The van der Waals surface area contributed by atoms with Gasteiger partial charge in [-0.2, -0.15) is 0 Å². The van der Waals surface area contributed by atoms with E-state index in [0.717, 1.165) is 38.9 Å². The molecule has 3 N–H and O–H groups in total. The van der Waals surface area contributed by atoms with Gasteiger partial charge in [0.1, 0.15) is 0 Å². The number of hydrogen-bond acceptors (Lipinski definition) is 4. The van der Waals surface area contributed by atoms with E-state index >= 15 is 0 Å². The van der Waals surface area contributed by atoms with Crippen LogP contribution in [0.2, 0.25) is 0 Å². The summed E-state index contributed by atoms with van der Waals surface area (Å²) in [5.41, 5.74) is 0. The van der Waals surface area contributed by atoms with Crippen molar-refractivity contribution in [3.8, 4) is 0 Å². The molecule has 104 valence electrons. The van der Waals surface area contributed by atoms with Crippen molar-refractivity contribution in [3.05, 3.63) is 0 Å². The van der Waals surface area contributed by atoms with Crippen molar-refractivity contribution in [3.63, 3.8) is 0 Å². The predicted octanol–water partition coefficient (Wildman–Crippen LogP) is 1.85. The maximum absolute atomic E-state index is 6.15. The number of hydrogen-bond donors (Lipinski definition) is 3. The second kappa shape index (κ2) is 10.0. The maximum atomic E-state index is 6.15. The molecule has 17 heavy (non-hydrogen) atoms. The van der Waals surface area contributed by atoms with E-state index in [0.29, 0.717) is 0 Å². The van der Waals surface area contributed by atoms with Crippen LogP contribution < -0.4 is 14.9 Å². The van der Waals surface area contributed by atoms with Gasteiger partial charge in [0, 0.05) is 6.10 Å². The fraction of sp³-hybridized carbons (Fsp3) is 1.00. The normalized spacial score (nSPS) is 12.4. The Morgan fingerprint density at radius 1 is 0.824 bits per heavy atom. The van der Waals surface area contributed by atoms with E-state index in [2.05, 4.69) is 49.6 Å². The summed E-state index contributed by atoms with van der Waals surface area (Å²) < 4.78 is 6.15. The Kier molecular flexibility index (Phi) is 10.1. The Hall–Kier alpha value is 0.0569. The van der Waals surface area contributed by atoms with Crippen LogP contribution in [0.1, 0.15) is 53.9 Å². The summed E-state index contributed by atoms with van der Waals surface area (Å²) in [4.78, 5) is 10.7. The highest BCUT2D eigenvalue weighted by atomic mass is 28.4. The van der Waals surface area contributed by atoms with Gasteiger partial charge in [-0.05, 0) is 52.7 Å². The SMILES string of the molecule is CCCN[Si](NCCC)(NCCC)OC(C)C. The van der Waals surface area contributed by atoms with Gasteiger partial charge in [0.15, 0.2) is 0 Å². The van der Waals surface area contributed by atoms with Gasteiger partial charge in [-0.1, -0.05) is 20.8 Å². The summed E-state index contributed by atoms with van der Waals surface area (Å²) in [5, 5.41) is 0. The van der Waals surface area contributed by atoms with Crippen molar-refractivity contribution in [2.45, 2.75) is 60.0 Å². The minimum Gasteiger partial charge on any atom is -0.378 e. The Bertz CT molecular complexity index is 157. The summed E-state index contributed by atoms with van der Waals surface area (Å²) in [6.07, 6.45) is 3.60. The van der Waals surface area contributed by atoms with E-state index < -0.39 is 8.80 Å². The lowest BCUT2D eigenvalue weighted by Crippen LogP contribution is -2.75. The highest BCUT2D eigenvalue weighted by Gasteiger charge is 2.36. The highest BCUT2D eigenvalue weighted by molar-refractivity contribution is 6.66. The van der Waals surface area contributed by atoms with Gasteiger partial charge in [0.2, 0.25) is 0 Å². The van der Waals surface area contributed by atoms with Crippen molar-refractivity contribution >= 4 is 8.80 Å². The molecule has 0 amide bonds. The van der Waals surface area contributed by atoms with Gasteiger partial charge in [-0.3, -0.25) is 14.9 Å². The topological polar surface area (TPSA) is 45.3 Å². The molecule has 5 heteroatoms. The zero-order chi connectivity index (χ0) is 13.1. The van der Waals surface area contributed by atoms with Crippen molar-refractivity contribution in [1.82, 2.24) is 14.9 Å². The first-order chi connectivity index (χ1) is 8.10. The molecule has 0 spiro atoms. The third kappa shape index (κ3) is 7.89. The van der Waals surface area contributed by atoms with Crippen LogP contribution in [0.5, 0.6) is 0 Å². The zero-order valence-corrected chi connectivity index (χ0v) is 13.2. The predicted molar refractivity (Wildman–Crippen MR) is 76.9 cm³/mol. The van der Waals surface area contributed by atoms with Crippen LogP contribution in [0.15, 0.2) is 0 Å². The second-order valence-corrected chi connectivity index (χ2v) is 7.29. The highest BCUT2D eigenvalue weighted by Crippen LogP contribution is 2.00. The van der Waals surface area contributed by atoms with E-state index in [1.807, 2.05) is 0 Å². The van der Waals surface area contributed by atoms with E-state index in [1.54, 1.807) is 0 Å². The lowest BCUT2D eigenvalue weighted by molar-refractivity contribution is 0.201. The zero-order valence-electron chi connectivity index (χ0n) is 12.2. The summed E-state index contributed by atoms with van der Waals surface area (Å²) in [6, 6.07) is 0. The van der Waals surface area contributed by atoms with E-state index in [4.69, 9.17) is 4.43 Å². The number of rotatable bonds is 11. The Morgan fingerprint density at radius 2 is 1.18 bits per heavy atom. The molecular weight excluding hydrogens is 230 g/mol. The molecule has 0 aliphatic carbocycles. The fourth-order valence-corrected chi connectivity index (χ4v) is 4.71. The van der Waals surface area contributed by atoms with Crippen LogP contribution in [0.4, 0.5) is 0 Å². The van der Waals surface area contributed by atoms with Crippen LogP contribution in [-0.4, -0.2) is 34.5 Å². The average Bonchev–Trinajstić information content (AvgIpc) is 2.30. The molecule has 0 saturated heterocycles. The molecule has 0 fully saturated rings. The lowest BCUT2D eigenvalue weighted by atomic mass is 10.5. The van der Waals surface area contributed by atoms with Crippen molar-refractivity contribution in [2.75, 3.05) is 19.6 Å². The smallest absolute Gasteiger partial charge is 0.378 e. The molecule has 0 heterocycles. The van der Waals surface area contributed by atoms with Crippen LogP contribution in [0.3, 0.4) is 0 Å². The molecule has 0 rings (SSSR count). The molecule has 0 aliphatic rings. The van der Waals surface area contributed by atoms with Crippen molar-refractivity contribution < 1.29 is 4.43 Å². The minimum atomic E-state index is -2.17. The molecular formula is C12H31N3OSi. The first-order valence-electron chi connectivity index (χ1n) is 7.03. The van der Waals surface area contributed by atoms with Gasteiger partial charge >= 0.3 is 8.80 Å². The molecule has 0 atom stereocenters. The third-order valence-corrected chi connectivity index (χ3v) is 5.35. The van der Waals surface area contributed by atoms with Gasteiger partial charge in [0.25, 0.3) is 0 Å². The van der Waals surface area contributed by atoms with Gasteiger partial charge < -0.3 is 4.43 Å². The largest absolute Gasteiger partial charge is 0.440 e. The molecule has 0 radical (unpaired) electrons. The molecule has 0 aromatic heterocycles. The van der Waals surface area contributed by atoms with E-state index in [-0.39, 0.29) is 6.10 Å². The van der Waals surface area contributed by atoms with Crippen molar-refractivity contribution in [2.24, 2.45) is 0 Å². The third-order valence-electron chi connectivity index (χ3n) is 2.28. The Morgan fingerprint density at radius 3 is 1.41 bits per heavy atom. The molecule has 0 unspecified atom stereocenters. The first-order valence-corrected chi connectivity index (χ1v) is 8.93. The Balaban J connectivity index is 4.51. The summed E-state index contributed by atoms with van der Waals surface area (Å²) >= 11 is 0. The van der Waals surface area contributed by atoms with Crippen LogP contribution in [0, 0.1) is 0 Å². The van der Waals surface area contributed by atoms with Gasteiger partial charge in [0.05, 0.1) is 0 Å². The van der Waals surface area contributed by atoms with E-state index in [9.17, 15) is 0 Å². The van der Waals surface area contributed by atoms with Gasteiger partial charge in [-0.25, -0.2) is 0 Å². The van der Waals surface area contributed by atoms with Crippen molar-refractivity contribution in [1.29, 1.82) is 0 Å². The molecule has 0 aliphatic heterocycles. The van der Waals surface area contributed by atoms with E-state index in [1.165, 1.54) is 0 Å². The fourth-order valence-electron chi connectivity index (χ4n) is 1.57. The summed E-state index contributed by atoms with van der Waals surface area (Å²) in [7, 11) is -2.17. The molecule has 4 nitrogen and oxygen atoms in total. The summed E-state index contributed by atoms with van der Waals surface area (Å²) in [6.45, 7) is 13.7. The Labute approximate surface area is 108 Å². The first kappa shape index (κ1) is 17.1. The second-order valence-electron chi connectivity index (χ2n) is 4.63. The van der Waals surface area contributed by atoms with Crippen LogP contribution in [0.25, 0.3) is 0 Å². The molecule has 0 saturated carbocycles. The lowest BCUT2D eigenvalue weighted by Gasteiger charge is -2.34. The molecule has 0 bridgehead atoms. The maximum Gasteiger partial charge on any atom is 0.440 e. The molecule has 0 aromatic rings. The molecule has 0 aromatic carbocycles. The number of nitrogens with one attached hydrogen (secondary N) is 3. The van der Waals surface area contributed by atoms with Crippen LogP contribution in [-0.2, 0) is 4.43 Å². The minimum absolute atomic E-state index is 0.236. The average molecular weight is 261 g/mol. The quantitative estimate of drug-likeness (QED) is 0.497. The summed E-state index contributed by atoms with van der Waals surface area (Å²) in [5.74, 6) is 0.